The van der Waals surface area contributed by atoms with Gasteiger partial charge in [0.1, 0.15) is 12.9 Å². The van der Waals surface area contributed by atoms with Gasteiger partial charge < -0.3 is 9.64 Å². The lowest BCUT2D eigenvalue weighted by molar-refractivity contribution is 0.112. The fraction of sp³-hybridized carbons (Fsp3) is 0.146. The molecule has 1 aliphatic rings. The van der Waals surface area contributed by atoms with Gasteiger partial charge in [-0.3, -0.25) is 4.79 Å². The molecule has 0 aliphatic carbocycles. The summed E-state index contributed by atoms with van der Waals surface area (Å²) in [5.74, 6) is 0. The van der Waals surface area contributed by atoms with Crippen LogP contribution in [0.2, 0.25) is 0 Å². The number of aryl methyl sites for hydroxylation is 2. The number of rotatable bonds is 6. The Morgan fingerprint density at radius 2 is 1.45 bits per heavy atom. The van der Waals surface area contributed by atoms with Gasteiger partial charge in [-0.1, -0.05) is 80.6 Å². The summed E-state index contributed by atoms with van der Waals surface area (Å²) < 4.78 is 5.93. The number of ether oxygens (including phenoxy) is 1. The maximum absolute atomic E-state index is 11.7. The Morgan fingerprint density at radius 3 is 2.23 bits per heavy atom. The highest BCUT2D eigenvalue weighted by Gasteiger charge is 2.38. The normalized spacial score (nSPS) is 13.7. The minimum atomic E-state index is -0.183. The van der Waals surface area contributed by atoms with Crippen molar-refractivity contribution < 1.29 is 9.53 Å². The summed E-state index contributed by atoms with van der Waals surface area (Å²) in [7, 11) is 0. The van der Waals surface area contributed by atoms with Gasteiger partial charge in [0, 0.05) is 22.2 Å². The van der Waals surface area contributed by atoms with E-state index in [1.807, 2.05) is 36.4 Å². The lowest BCUT2D eigenvalue weighted by atomic mass is 9.71. The molecule has 0 atom stereocenters. The van der Waals surface area contributed by atoms with E-state index in [9.17, 15) is 4.79 Å². The molecule has 0 aromatic heterocycles. The van der Waals surface area contributed by atoms with E-state index in [-0.39, 0.29) is 5.41 Å². The first-order valence-corrected chi connectivity index (χ1v) is 15.1. The molecule has 0 unspecified atom stereocenters. The first kappa shape index (κ1) is 27.7. The van der Waals surface area contributed by atoms with Crippen molar-refractivity contribution in [2.24, 2.45) is 0 Å². The molecule has 6 aromatic rings. The second kappa shape index (κ2) is 10.8. The molecule has 0 amide bonds. The van der Waals surface area contributed by atoms with Crippen LogP contribution in [0.5, 0.6) is 0 Å². The summed E-state index contributed by atoms with van der Waals surface area (Å²) in [5, 5.41) is 4.59. The second-order valence-electron chi connectivity index (χ2n) is 12.4. The number of aldehydes is 1. The third-order valence-corrected chi connectivity index (χ3v) is 8.90. The van der Waals surface area contributed by atoms with Crippen molar-refractivity contribution in [1.29, 1.82) is 0 Å². The zero-order valence-electron chi connectivity index (χ0n) is 25.6. The smallest absolute Gasteiger partial charge is 0.150 e. The third-order valence-electron chi connectivity index (χ3n) is 8.90. The van der Waals surface area contributed by atoms with Gasteiger partial charge in [0.05, 0.1) is 17.6 Å². The summed E-state index contributed by atoms with van der Waals surface area (Å²) in [6.45, 7) is 9.34. The molecule has 3 heteroatoms. The van der Waals surface area contributed by atoms with Crippen LogP contribution in [-0.2, 0) is 16.8 Å². The van der Waals surface area contributed by atoms with Gasteiger partial charge in [0.2, 0.25) is 0 Å². The van der Waals surface area contributed by atoms with Crippen LogP contribution in [-0.4, -0.2) is 6.29 Å². The molecule has 0 bridgehead atoms. The van der Waals surface area contributed by atoms with Crippen molar-refractivity contribution in [2.75, 3.05) is 4.90 Å². The molecule has 6 aromatic carbocycles. The van der Waals surface area contributed by atoms with E-state index in [2.05, 4.69) is 111 Å². The highest BCUT2D eigenvalue weighted by Crippen LogP contribution is 2.54. The quantitative estimate of drug-likeness (QED) is 0.147. The fourth-order valence-corrected chi connectivity index (χ4v) is 6.91. The molecular weight excluding hydrogens is 538 g/mol. The molecule has 0 saturated carbocycles. The van der Waals surface area contributed by atoms with E-state index in [0.717, 1.165) is 28.2 Å². The minimum absolute atomic E-state index is 0.183. The molecule has 1 heterocycles. The molecule has 0 N–H and O–H groups in total. The Morgan fingerprint density at radius 1 is 0.727 bits per heavy atom. The van der Waals surface area contributed by atoms with Crippen LogP contribution in [0.3, 0.4) is 0 Å². The van der Waals surface area contributed by atoms with Gasteiger partial charge in [0.15, 0.2) is 0 Å². The fourth-order valence-electron chi connectivity index (χ4n) is 6.91. The van der Waals surface area contributed by atoms with Crippen LogP contribution in [0.15, 0.2) is 115 Å². The van der Waals surface area contributed by atoms with Gasteiger partial charge in [-0.05, 0) is 112 Å². The molecule has 0 radical (unpaired) electrons. The molecule has 216 valence electrons. The first-order valence-electron chi connectivity index (χ1n) is 15.1. The Hall–Kier alpha value is -5.15. The van der Waals surface area contributed by atoms with Crippen molar-refractivity contribution >= 4 is 51.0 Å². The maximum Gasteiger partial charge on any atom is 0.150 e. The number of hydrogen-bond acceptors (Lipinski definition) is 3. The van der Waals surface area contributed by atoms with Crippen molar-refractivity contribution in [3.8, 4) is 0 Å². The van der Waals surface area contributed by atoms with Crippen molar-refractivity contribution in [3.63, 3.8) is 0 Å². The first-order chi connectivity index (χ1) is 21.3. The van der Waals surface area contributed by atoms with Gasteiger partial charge in [0.25, 0.3) is 0 Å². The molecule has 44 heavy (non-hydrogen) atoms. The van der Waals surface area contributed by atoms with E-state index >= 15 is 0 Å². The number of para-hydroxylation sites is 1. The average molecular weight is 574 g/mol. The number of nitrogens with zero attached hydrogens (tertiary/aromatic N) is 1. The van der Waals surface area contributed by atoms with Gasteiger partial charge in [-0.15, -0.1) is 0 Å². The van der Waals surface area contributed by atoms with Crippen LogP contribution in [0, 0.1) is 13.8 Å². The number of benzene rings is 6. The zero-order valence-corrected chi connectivity index (χ0v) is 25.6. The third kappa shape index (κ3) is 4.75. The highest BCUT2D eigenvalue weighted by molar-refractivity contribution is 5.99. The van der Waals surface area contributed by atoms with E-state index < -0.39 is 0 Å². The van der Waals surface area contributed by atoms with E-state index in [1.54, 1.807) is 6.26 Å². The standard InChI is InChI=1S/C41H35NO2/c1-27-19-28(2)21-35(20-27)42-38-12-8-7-11-37(38)41(3,4)40-36-15-13-29(22-32(36)14-16-39(40)42)17-18-44-26-34-24-31-10-6-5-9-30(31)23-33(34)25-43/h5-25H,26H2,1-4H3. The lowest BCUT2D eigenvalue weighted by Gasteiger charge is -2.43. The predicted molar refractivity (Wildman–Crippen MR) is 183 cm³/mol. The van der Waals surface area contributed by atoms with Crippen molar-refractivity contribution in [1.82, 2.24) is 0 Å². The van der Waals surface area contributed by atoms with Gasteiger partial charge >= 0.3 is 0 Å². The lowest BCUT2D eigenvalue weighted by Crippen LogP contribution is -2.31. The van der Waals surface area contributed by atoms with Gasteiger partial charge in [-0.2, -0.15) is 0 Å². The van der Waals surface area contributed by atoms with Crippen LogP contribution >= 0.6 is 0 Å². The average Bonchev–Trinajstić information content (AvgIpc) is 3.02. The SMILES string of the molecule is Cc1cc(C)cc(N2c3ccccc3C(C)(C)c3c2ccc2cc(C=COCc4cc5ccccc5cc4C=O)ccc32)c1. The predicted octanol–water partition coefficient (Wildman–Crippen LogP) is 10.7. The van der Waals surface area contributed by atoms with E-state index in [0.29, 0.717) is 12.2 Å². The van der Waals surface area contributed by atoms with Crippen molar-refractivity contribution in [3.05, 3.63) is 154 Å². The van der Waals surface area contributed by atoms with Crippen LogP contribution in [0.1, 0.15) is 57.6 Å². The number of carbonyl (C=O) groups excluding carboxylic acids is 1. The molecule has 3 nitrogen and oxygen atoms in total. The summed E-state index contributed by atoms with van der Waals surface area (Å²) >= 11 is 0. The Bertz CT molecular complexity index is 2080. The summed E-state index contributed by atoms with van der Waals surface area (Å²) in [6.07, 6.45) is 4.62. The molecule has 0 fully saturated rings. The molecule has 1 aliphatic heterocycles. The van der Waals surface area contributed by atoms with E-state index in [4.69, 9.17) is 4.74 Å². The number of anilines is 3. The van der Waals surface area contributed by atoms with E-state index in [1.165, 1.54) is 50.1 Å². The maximum atomic E-state index is 11.7. The molecule has 0 spiro atoms. The molecular formula is C41H35NO2. The number of fused-ring (bicyclic) bond motifs is 5. The van der Waals surface area contributed by atoms with Crippen LogP contribution in [0.25, 0.3) is 27.6 Å². The highest BCUT2D eigenvalue weighted by atomic mass is 16.5. The Kier molecular flexibility index (Phi) is 6.82. The molecule has 7 rings (SSSR count). The van der Waals surface area contributed by atoms with Crippen LogP contribution < -0.4 is 4.90 Å². The summed E-state index contributed by atoms with van der Waals surface area (Å²) in [5.41, 5.74) is 11.2. The second-order valence-corrected chi connectivity index (χ2v) is 12.4. The summed E-state index contributed by atoms with van der Waals surface area (Å²) in [4.78, 5) is 14.1. The number of hydrogen-bond donors (Lipinski definition) is 0. The minimum Gasteiger partial charge on any atom is -0.496 e. The number of carbonyl (C=O) groups is 1. The summed E-state index contributed by atoms with van der Waals surface area (Å²) in [6, 6.07) is 38.7. The van der Waals surface area contributed by atoms with Crippen LogP contribution in [0.4, 0.5) is 17.1 Å². The molecule has 0 saturated heterocycles. The van der Waals surface area contributed by atoms with Crippen molar-refractivity contribution in [2.45, 2.75) is 39.7 Å². The van der Waals surface area contributed by atoms with Gasteiger partial charge in [-0.25, -0.2) is 0 Å². The zero-order chi connectivity index (χ0) is 30.4. The topological polar surface area (TPSA) is 29.5 Å². The largest absolute Gasteiger partial charge is 0.496 e. The Labute approximate surface area is 259 Å². The Balaban J connectivity index is 1.23. The monoisotopic (exact) mass is 573 g/mol.